The third-order valence-electron chi connectivity index (χ3n) is 4.36. The lowest BCUT2D eigenvalue weighted by Crippen LogP contribution is -2.22. The zero-order chi connectivity index (χ0) is 17.9. The maximum atomic E-state index is 12.4. The number of hydrogen-bond acceptors (Lipinski definition) is 2. The topological polar surface area (TPSA) is 37.4 Å². The largest absolute Gasteiger partial charge is 0.242 e. The van der Waals surface area contributed by atoms with Crippen LogP contribution in [0.25, 0.3) is 11.1 Å². The Labute approximate surface area is 150 Å². The van der Waals surface area contributed by atoms with E-state index in [0.717, 1.165) is 24.0 Å². The van der Waals surface area contributed by atoms with Gasteiger partial charge in [-0.05, 0) is 59.7 Å². The molecule has 0 saturated carbocycles. The molecular weight excluding hydrogens is 342 g/mol. The van der Waals surface area contributed by atoms with Crippen LogP contribution in [0.15, 0.2) is 47.4 Å². The Kier molecular flexibility index (Phi) is 6.07. The van der Waals surface area contributed by atoms with Crippen molar-refractivity contribution in [3.05, 3.63) is 53.1 Å². The van der Waals surface area contributed by atoms with Gasteiger partial charge in [0.2, 0.25) is 10.0 Å². The molecule has 0 saturated heterocycles. The third kappa shape index (κ3) is 3.82. The van der Waals surface area contributed by atoms with Gasteiger partial charge in [0.15, 0.2) is 0 Å². The number of halogens is 1. The number of hydrogen-bond donors (Lipinski definition) is 0. The quantitative estimate of drug-likeness (QED) is 0.708. The molecule has 5 heteroatoms. The van der Waals surface area contributed by atoms with E-state index >= 15 is 0 Å². The fourth-order valence-corrected chi connectivity index (χ4v) is 4.02. The summed E-state index contributed by atoms with van der Waals surface area (Å²) in [6, 6.07) is 13.0. The van der Waals surface area contributed by atoms with Crippen molar-refractivity contribution in [1.82, 2.24) is 4.31 Å². The highest BCUT2D eigenvalue weighted by Gasteiger charge is 2.19. The Balaban J connectivity index is 2.63. The van der Waals surface area contributed by atoms with Crippen molar-refractivity contribution in [3.63, 3.8) is 0 Å². The average molecular weight is 366 g/mol. The summed E-state index contributed by atoms with van der Waals surface area (Å²) in [6.45, 7) is 4.33. The van der Waals surface area contributed by atoms with E-state index in [0.29, 0.717) is 15.8 Å². The van der Waals surface area contributed by atoms with Gasteiger partial charge in [0.1, 0.15) is 0 Å². The van der Waals surface area contributed by atoms with Gasteiger partial charge in [-0.1, -0.05) is 43.6 Å². The number of nitrogens with zero attached hydrogens (tertiary/aromatic N) is 1. The van der Waals surface area contributed by atoms with Crippen LogP contribution in [0.1, 0.15) is 38.2 Å². The fourth-order valence-electron chi connectivity index (χ4n) is 2.90. The lowest BCUT2D eigenvalue weighted by molar-refractivity contribution is 0.521. The van der Waals surface area contributed by atoms with Crippen LogP contribution in [-0.4, -0.2) is 26.8 Å². The van der Waals surface area contributed by atoms with Gasteiger partial charge >= 0.3 is 0 Å². The normalized spacial score (nSPS) is 12.1. The summed E-state index contributed by atoms with van der Waals surface area (Å²) in [5.74, 6) is 0.423. The summed E-state index contributed by atoms with van der Waals surface area (Å²) in [7, 11) is -0.384. The van der Waals surface area contributed by atoms with Gasteiger partial charge in [-0.15, -0.1) is 0 Å². The van der Waals surface area contributed by atoms with Crippen LogP contribution in [0.4, 0.5) is 0 Å². The Morgan fingerprint density at radius 1 is 1.04 bits per heavy atom. The fraction of sp³-hybridized carbons (Fsp3) is 0.368. The van der Waals surface area contributed by atoms with Crippen LogP contribution in [-0.2, 0) is 10.0 Å². The minimum Gasteiger partial charge on any atom is -0.207 e. The molecule has 0 aliphatic carbocycles. The zero-order valence-corrected chi connectivity index (χ0v) is 16.2. The zero-order valence-electron chi connectivity index (χ0n) is 14.6. The first kappa shape index (κ1) is 19.0. The standard InChI is InChI=1S/C19H24ClNO2S/c1-5-14(6-2)18-11-10-16(20)13-19(18)15-8-7-9-17(12-15)24(22,23)21(3)4/h7-14H,5-6H2,1-4H3. The molecule has 2 aromatic carbocycles. The van der Waals surface area contributed by atoms with Gasteiger partial charge in [-0.25, -0.2) is 12.7 Å². The lowest BCUT2D eigenvalue weighted by atomic mass is 9.87. The van der Waals surface area contributed by atoms with Crippen LogP contribution in [0.5, 0.6) is 0 Å². The molecule has 0 amide bonds. The summed E-state index contributed by atoms with van der Waals surface area (Å²) in [4.78, 5) is 0.292. The Morgan fingerprint density at radius 2 is 1.71 bits per heavy atom. The first-order chi connectivity index (χ1) is 11.3. The summed E-state index contributed by atoms with van der Waals surface area (Å²) in [6.07, 6.45) is 2.06. The van der Waals surface area contributed by atoms with E-state index in [1.807, 2.05) is 18.2 Å². The van der Waals surface area contributed by atoms with Crippen molar-refractivity contribution in [2.24, 2.45) is 0 Å². The van der Waals surface area contributed by atoms with Gasteiger partial charge in [0.25, 0.3) is 0 Å². The predicted octanol–water partition coefficient (Wildman–Crippen LogP) is 5.16. The second-order valence-corrected chi connectivity index (χ2v) is 8.65. The Hall–Kier alpha value is -1.36. The number of benzene rings is 2. The maximum absolute atomic E-state index is 12.4. The lowest BCUT2D eigenvalue weighted by Gasteiger charge is -2.19. The number of rotatable bonds is 6. The van der Waals surface area contributed by atoms with E-state index in [-0.39, 0.29) is 0 Å². The van der Waals surface area contributed by atoms with Gasteiger partial charge < -0.3 is 0 Å². The molecule has 0 aliphatic rings. The molecule has 0 N–H and O–H groups in total. The SMILES string of the molecule is CCC(CC)c1ccc(Cl)cc1-c1cccc(S(=O)(=O)N(C)C)c1. The Morgan fingerprint density at radius 3 is 2.29 bits per heavy atom. The highest BCUT2D eigenvalue weighted by Crippen LogP contribution is 2.35. The third-order valence-corrected chi connectivity index (χ3v) is 6.41. The molecule has 3 nitrogen and oxygen atoms in total. The average Bonchev–Trinajstić information content (AvgIpc) is 2.57. The van der Waals surface area contributed by atoms with Crippen molar-refractivity contribution in [1.29, 1.82) is 0 Å². The maximum Gasteiger partial charge on any atom is 0.242 e. The van der Waals surface area contributed by atoms with E-state index in [4.69, 9.17) is 11.6 Å². The summed E-state index contributed by atoms with van der Waals surface area (Å²) >= 11 is 6.21. The van der Waals surface area contributed by atoms with E-state index in [1.165, 1.54) is 24.0 Å². The summed E-state index contributed by atoms with van der Waals surface area (Å²) in [5.41, 5.74) is 3.10. The molecule has 0 spiro atoms. The van der Waals surface area contributed by atoms with E-state index in [9.17, 15) is 8.42 Å². The van der Waals surface area contributed by atoms with E-state index in [2.05, 4.69) is 19.9 Å². The molecule has 0 heterocycles. The van der Waals surface area contributed by atoms with Gasteiger partial charge in [-0.3, -0.25) is 0 Å². The van der Waals surface area contributed by atoms with Gasteiger partial charge in [-0.2, -0.15) is 0 Å². The first-order valence-electron chi connectivity index (χ1n) is 8.13. The molecule has 0 radical (unpaired) electrons. The molecule has 0 bridgehead atoms. The molecular formula is C19H24ClNO2S. The Bertz CT molecular complexity index is 812. The highest BCUT2D eigenvalue weighted by molar-refractivity contribution is 7.89. The van der Waals surface area contributed by atoms with Gasteiger partial charge in [0.05, 0.1) is 4.90 Å². The van der Waals surface area contributed by atoms with Crippen LogP contribution in [0.3, 0.4) is 0 Å². The molecule has 130 valence electrons. The van der Waals surface area contributed by atoms with Crippen LogP contribution in [0.2, 0.25) is 5.02 Å². The number of sulfonamides is 1. The van der Waals surface area contributed by atoms with Crippen molar-refractivity contribution in [2.45, 2.75) is 37.5 Å². The molecule has 0 atom stereocenters. The minimum atomic E-state index is -3.46. The van der Waals surface area contributed by atoms with Gasteiger partial charge in [0, 0.05) is 19.1 Å². The highest BCUT2D eigenvalue weighted by atomic mass is 35.5. The monoisotopic (exact) mass is 365 g/mol. The van der Waals surface area contributed by atoms with Crippen molar-refractivity contribution in [3.8, 4) is 11.1 Å². The second-order valence-electron chi connectivity index (χ2n) is 6.06. The molecule has 2 aromatic rings. The molecule has 0 fully saturated rings. The van der Waals surface area contributed by atoms with Crippen molar-refractivity contribution in [2.75, 3.05) is 14.1 Å². The van der Waals surface area contributed by atoms with Crippen LogP contribution in [0, 0.1) is 0 Å². The van der Waals surface area contributed by atoms with Crippen LogP contribution >= 0.6 is 11.6 Å². The predicted molar refractivity (Wildman–Crippen MR) is 101 cm³/mol. The van der Waals surface area contributed by atoms with Crippen molar-refractivity contribution >= 4 is 21.6 Å². The molecule has 0 unspecified atom stereocenters. The molecule has 0 aromatic heterocycles. The summed E-state index contributed by atoms with van der Waals surface area (Å²) < 4.78 is 26.1. The van der Waals surface area contributed by atoms with E-state index < -0.39 is 10.0 Å². The van der Waals surface area contributed by atoms with Crippen molar-refractivity contribution < 1.29 is 8.42 Å². The minimum absolute atomic E-state index is 0.292. The molecule has 2 rings (SSSR count). The molecule has 24 heavy (non-hydrogen) atoms. The smallest absolute Gasteiger partial charge is 0.207 e. The molecule has 0 aliphatic heterocycles. The van der Waals surface area contributed by atoms with E-state index in [1.54, 1.807) is 18.2 Å². The first-order valence-corrected chi connectivity index (χ1v) is 9.95. The van der Waals surface area contributed by atoms with Crippen LogP contribution < -0.4 is 0 Å². The second kappa shape index (κ2) is 7.68. The summed E-state index contributed by atoms with van der Waals surface area (Å²) in [5, 5.41) is 0.653.